The van der Waals surface area contributed by atoms with E-state index in [0.717, 1.165) is 10.5 Å². The van der Waals surface area contributed by atoms with Gasteiger partial charge < -0.3 is 19.5 Å². The molecule has 0 spiro atoms. The van der Waals surface area contributed by atoms with Crippen LogP contribution in [0, 0.1) is 0 Å². The number of nitrogens with one attached hydrogen (secondary N) is 1. The standard InChI is InChI=1S/C19H22ClNO4S/c1-12(26-15-7-5-14(20)6-8-15)19(22)21-11-13-9-16(23-2)18(25-4)17(10-13)24-3/h5-10,12H,11H2,1-4H3,(H,21,22). The van der Waals surface area contributed by atoms with Crippen molar-refractivity contribution in [2.45, 2.75) is 23.6 Å². The average Bonchev–Trinajstić information content (AvgIpc) is 2.66. The molecule has 5 nitrogen and oxygen atoms in total. The van der Waals surface area contributed by atoms with Gasteiger partial charge in [0.2, 0.25) is 11.7 Å². The van der Waals surface area contributed by atoms with Gasteiger partial charge in [-0.3, -0.25) is 4.79 Å². The first kappa shape index (κ1) is 20.3. The third-order valence-electron chi connectivity index (χ3n) is 3.69. The van der Waals surface area contributed by atoms with Gasteiger partial charge in [0.05, 0.1) is 26.6 Å². The van der Waals surface area contributed by atoms with Crippen LogP contribution in [0.25, 0.3) is 0 Å². The van der Waals surface area contributed by atoms with Gasteiger partial charge >= 0.3 is 0 Å². The Hall–Kier alpha value is -2.05. The molecule has 7 heteroatoms. The van der Waals surface area contributed by atoms with Gasteiger partial charge in [-0.05, 0) is 48.9 Å². The highest BCUT2D eigenvalue weighted by molar-refractivity contribution is 8.00. The molecule has 0 aliphatic heterocycles. The normalized spacial score (nSPS) is 11.6. The predicted octanol–water partition coefficient (Wildman–Crippen LogP) is 4.16. The van der Waals surface area contributed by atoms with E-state index in [1.54, 1.807) is 21.3 Å². The largest absolute Gasteiger partial charge is 0.493 e. The second-order valence-electron chi connectivity index (χ2n) is 5.47. The Bertz CT molecular complexity index is 727. The minimum absolute atomic E-state index is 0.0568. The van der Waals surface area contributed by atoms with Gasteiger partial charge in [0.1, 0.15) is 0 Å². The molecule has 0 radical (unpaired) electrons. The third kappa shape index (κ3) is 5.22. The summed E-state index contributed by atoms with van der Waals surface area (Å²) >= 11 is 7.36. The molecule has 1 amide bonds. The number of halogens is 1. The molecule has 1 atom stereocenters. The Morgan fingerprint density at radius 3 is 2.15 bits per heavy atom. The van der Waals surface area contributed by atoms with Crippen LogP contribution in [0.2, 0.25) is 5.02 Å². The second kappa shape index (κ2) is 9.59. The second-order valence-corrected chi connectivity index (χ2v) is 7.32. The number of hydrogen-bond acceptors (Lipinski definition) is 5. The van der Waals surface area contributed by atoms with Crippen molar-refractivity contribution in [2.24, 2.45) is 0 Å². The summed E-state index contributed by atoms with van der Waals surface area (Å²) in [6, 6.07) is 11.1. The number of amides is 1. The molecule has 0 aliphatic rings. The van der Waals surface area contributed by atoms with Crippen LogP contribution < -0.4 is 19.5 Å². The number of thioether (sulfide) groups is 1. The smallest absolute Gasteiger partial charge is 0.233 e. The zero-order valence-electron chi connectivity index (χ0n) is 15.2. The topological polar surface area (TPSA) is 56.8 Å². The monoisotopic (exact) mass is 395 g/mol. The first-order chi connectivity index (χ1) is 12.5. The zero-order valence-corrected chi connectivity index (χ0v) is 16.7. The van der Waals surface area contributed by atoms with E-state index < -0.39 is 0 Å². The Morgan fingerprint density at radius 1 is 1.08 bits per heavy atom. The van der Waals surface area contributed by atoms with Crippen LogP contribution in [0.15, 0.2) is 41.3 Å². The number of rotatable bonds is 8. The summed E-state index contributed by atoms with van der Waals surface area (Å²) in [5.41, 5.74) is 0.858. The number of benzene rings is 2. The molecular weight excluding hydrogens is 374 g/mol. The molecule has 26 heavy (non-hydrogen) atoms. The van der Waals surface area contributed by atoms with Gasteiger partial charge in [0.25, 0.3) is 0 Å². The summed E-state index contributed by atoms with van der Waals surface area (Å²) in [6.07, 6.45) is 0. The molecule has 1 N–H and O–H groups in total. The molecule has 140 valence electrons. The van der Waals surface area contributed by atoms with Crippen LogP contribution in [0.1, 0.15) is 12.5 Å². The first-order valence-electron chi connectivity index (χ1n) is 7.97. The maximum atomic E-state index is 12.4. The third-order valence-corrected chi connectivity index (χ3v) is 5.05. The quantitative estimate of drug-likeness (QED) is 0.680. The molecule has 0 fully saturated rings. The van der Waals surface area contributed by atoms with Crippen LogP contribution in [-0.4, -0.2) is 32.5 Å². The summed E-state index contributed by atoms with van der Waals surface area (Å²) < 4.78 is 16.0. The predicted molar refractivity (Wildman–Crippen MR) is 105 cm³/mol. The lowest BCUT2D eigenvalue weighted by Crippen LogP contribution is -2.30. The lowest BCUT2D eigenvalue weighted by molar-refractivity contribution is -0.120. The van der Waals surface area contributed by atoms with Crippen molar-refractivity contribution in [1.82, 2.24) is 5.32 Å². The van der Waals surface area contributed by atoms with Crippen molar-refractivity contribution in [1.29, 1.82) is 0 Å². The lowest BCUT2D eigenvalue weighted by Gasteiger charge is -2.15. The van der Waals surface area contributed by atoms with E-state index in [0.29, 0.717) is 28.8 Å². The number of ether oxygens (including phenoxy) is 3. The SMILES string of the molecule is COc1cc(CNC(=O)C(C)Sc2ccc(Cl)cc2)cc(OC)c1OC. The fourth-order valence-electron chi connectivity index (χ4n) is 2.34. The Morgan fingerprint density at radius 2 is 1.65 bits per heavy atom. The molecule has 0 saturated carbocycles. The molecular formula is C19H22ClNO4S. The fourth-order valence-corrected chi connectivity index (χ4v) is 3.36. The van der Waals surface area contributed by atoms with E-state index in [2.05, 4.69) is 5.32 Å². The van der Waals surface area contributed by atoms with Crippen molar-refractivity contribution in [3.63, 3.8) is 0 Å². The Kier molecular flexibility index (Phi) is 7.48. The van der Waals surface area contributed by atoms with Crippen LogP contribution in [-0.2, 0) is 11.3 Å². The molecule has 2 rings (SSSR count). The van der Waals surface area contributed by atoms with E-state index >= 15 is 0 Å². The van der Waals surface area contributed by atoms with Crippen LogP contribution >= 0.6 is 23.4 Å². The Labute approximate surface area is 163 Å². The van der Waals surface area contributed by atoms with Gasteiger partial charge in [-0.25, -0.2) is 0 Å². The van der Waals surface area contributed by atoms with Crippen molar-refractivity contribution in [3.05, 3.63) is 47.0 Å². The van der Waals surface area contributed by atoms with E-state index in [9.17, 15) is 4.79 Å². The summed E-state index contributed by atoms with van der Waals surface area (Å²) in [6.45, 7) is 2.23. The van der Waals surface area contributed by atoms with Crippen LogP contribution in [0.5, 0.6) is 17.2 Å². The highest BCUT2D eigenvalue weighted by Gasteiger charge is 2.16. The lowest BCUT2D eigenvalue weighted by atomic mass is 10.1. The van der Waals surface area contributed by atoms with Gasteiger partial charge in [0.15, 0.2) is 11.5 Å². The molecule has 2 aromatic carbocycles. The molecule has 0 bridgehead atoms. The van der Waals surface area contributed by atoms with Crippen LogP contribution in [0.4, 0.5) is 0 Å². The van der Waals surface area contributed by atoms with Crippen molar-refractivity contribution in [2.75, 3.05) is 21.3 Å². The van der Waals surface area contributed by atoms with Crippen molar-refractivity contribution in [3.8, 4) is 17.2 Å². The highest BCUT2D eigenvalue weighted by Crippen LogP contribution is 2.38. The molecule has 0 aliphatic carbocycles. The van der Waals surface area contributed by atoms with E-state index in [-0.39, 0.29) is 11.2 Å². The van der Waals surface area contributed by atoms with Crippen molar-refractivity contribution >= 4 is 29.3 Å². The van der Waals surface area contributed by atoms with E-state index in [1.807, 2.05) is 43.3 Å². The average molecular weight is 396 g/mol. The summed E-state index contributed by atoms with van der Waals surface area (Å²) in [4.78, 5) is 13.4. The van der Waals surface area contributed by atoms with Gasteiger partial charge in [0, 0.05) is 16.5 Å². The first-order valence-corrected chi connectivity index (χ1v) is 9.23. The maximum Gasteiger partial charge on any atom is 0.233 e. The van der Waals surface area contributed by atoms with Gasteiger partial charge in [-0.1, -0.05) is 11.6 Å². The number of carbonyl (C=O) groups is 1. The van der Waals surface area contributed by atoms with Gasteiger partial charge in [-0.15, -0.1) is 11.8 Å². The summed E-state index contributed by atoms with van der Waals surface area (Å²) in [5.74, 6) is 1.58. The van der Waals surface area contributed by atoms with E-state index in [1.165, 1.54) is 11.8 Å². The molecule has 0 aromatic heterocycles. The number of methoxy groups -OCH3 is 3. The minimum atomic E-state index is -0.238. The fraction of sp³-hybridized carbons (Fsp3) is 0.316. The molecule has 0 saturated heterocycles. The summed E-state index contributed by atoms with van der Waals surface area (Å²) in [5, 5.41) is 3.37. The molecule has 2 aromatic rings. The highest BCUT2D eigenvalue weighted by atomic mass is 35.5. The zero-order chi connectivity index (χ0) is 19.1. The molecule has 0 heterocycles. The maximum absolute atomic E-state index is 12.4. The molecule has 1 unspecified atom stereocenters. The number of hydrogen-bond donors (Lipinski definition) is 1. The van der Waals surface area contributed by atoms with Gasteiger partial charge in [-0.2, -0.15) is 0 Å². The van der Waals surface area contributed by atoms with Crippen LogP contribution in [0.3, 0.4) is 0 Å². The van der Waals surface area contributed by atoms with E-state index in [4.69, 9.17) is 25.8 Å². The minimum Gasteiger partial charge on any atom is -0.493 e. The summed E-state index contributed by atoms with van der Waals surface area (Å²) in [7, 11) is 4.67. The number of carbonyl (C=O) groups excluding carboxylic acids is 1. The van der Waals surface area contributed by atoms with Crippen molar-refractivity contribution < 1.29 is 19.0 Å². The Balaban J connectivity index is 2.00.